The lowest BCUT2D eigenvalue weighted by molar-refractivity contribution is 0.590. The number of hydrogen-bond donors (Lipinski definition) is 0. The molecule has 0 saturated heterocycles. The number of fused-ring (bicyclic) bond motifs is 7. The molecule has 2 aliphatic rings. The monoisotopic (exact) mass is 1090 g/mol. The summed E-state index contributed by atoms with van der Waals surface area (Å²) in [4.78, 5) is 7.69. The van der Waals surface area contributed by atoms with Gasteiger partial charge in [-0.15, -0.1) is 0 Å². The second-order valence-electron chi connectivity index (χ2n) is 30.0. The van der Waals surface area contributed by atoms with Crippen molar-refractivity contribution < 1.29 is 4.42 Å². The lowest BCUT2D eigenvalue weighted by Gasteiger charge is -2.46. The molecule has 2 aliphatic heterocycles. The van der Waals surface area contributed by atoms with Crippen molar-refractivity contribution in [3.8, 4) is 11.1 Å². The Kier molecular flexibility index (Phi) is 13.0. The molecule has 9 aromatic carbocycles. The topological polar surface area (TPSA) is 22.9 Å². The van der Waals surface area contributed by atoms with Crippen LogP contribution in [0.5, 0.6) is 0 Å². The molecule has 1 aromatic heterocycles. The van der Waals surface area contributed by atoms with E-state index in [1.54, 1.807) is 0 Å². The predicted octanol–water partition coefficient (Wildman–Crippen LogP) is 20.6. The standard InChI is InChI=1S/C78H84BN3O/c1-73(2,3)50-28-26-49(27-29-50)61-44-53(76(10,11)12)34-41-64(61)82-66-43-36-55(78(16,17)18)46-63(66)79-62-45-54(77(13,14)15)35-42-65(62)81(57-39-32-52(33-40-57)75(7,8)9)68-47-58(48-69(82)71(68)79)80(56-37-30-51(31-38-56)74(4,5)6)67-24-21-23-60-59-22-19-20-25-70(59)83-72(60)67/h19-48H,1-18H3. The van der Waals surface area contributed by atoms with Crippen LogP contribution in [-0.4, -0.2) is 6.71 Å². The van der Waals surface area contributed by atoms with Crippen molar-refractivity contribution in [1.29, 1.82) is 0 Å². The van der Waals surface area contributed by atoms with E-state index >= 15 is 0 Å². The van der Waals surface area contributed by atoms with Gasteiger partial charge in [-0.1, -0.05) is 234 Å². The Labute approximate surface area is 496 Å². The number of benzene rings is 9. The Morgan fingerprint density at radius 3 is 1.31 bits per heavy atom. The van der Waals surface area contributed by atoms with Crippen LogP contribution in [0.1, 0.15) is 158 Å². The molecule has 0 atom stereocenters. The molecule has 0 unspecified atom stereocenters. The third kappa shape index (κ3) is 9.86. The summed E-state index contributed by atoms with van der Waals surface area (Å²) in [6.45, 7) is 41.7. The summed E-state index contributed by atoms with van der Waals surface area (Å²) in [5.74, 6) is 0. The highest BCUT2D eigenvalue weighted by atomic mass is 16.3. The molecule has 0 amide bonds. The van der Waals surface area contributed by atoms with Crippen LogP contribution in [-0.2, 0) is 32.5 Å². The third-order valence-electron chi connectivity index (χ3n) is 17.8. The van der Waals surface area contributed by atoms with Gasteiger partial charge in [-0.3, -0.25) is 0 Å². The highest BCUT2D eigenvalue weighted by Crippen LogP contribution is 2.52. The second kappa shape index (κ2) is 19.4. The van der Waals surface area contributed by atoms with E-state index in [1.807, 2.05) is 0 Å². The van der Waals surface area contributed by atoms with Crippen molar-refractivity contribution in [3.63, 3.8) is 0 Å². The first-order chi connectivity index (χ1) is 38.9. The van der Waals surface area contributed by atoms with Crippen LogP contribution in [0.25, 0.3) is 33.1 Å². The Hall–Kier alpha value is -7.76. The fourth-order valence-electron chi connectivity index (χ4n) is 12.7. The Morgan fingerprint density at radius 2 is 0.783 bits per heavy atom. The number of para-hydroxylation sites is 2. The minimum absolute atomic E-state index is 0.00737. The van der Waals surface area contributed by atoms with E-state index in [2.05, 4.69) is 321 Å². The van der Waals surface area contributed by atoms with Gasteiger partial charge in [-0.25, -0.2) is 0 Å². The summed E-state index contributed by atoms with van der Waals surface area (Å²) in [6.07, 6.45) is 0. The summed E-state index contributed by atoms with van der Waals surface area (Å²) < 4.78 is 7.04. The van der Waals surface area contributed by atoms with Crippen LogP contribution in [0, 0.1) is 0 Å². The molecule has 0 spiro atoms. The number of nitrogens with zero attached hydrogens (tertiary/aromatic N) is 3. The molecule has 420 valence electrons. The number of hydrogen-bond acceptors (Lipinski definition) is 4. The summed E-state index contributed by atoms with van der Waals surface area (Å²) in [5.41, 5.74) is 25.5. The number of rotatable bonds is 6. The molecule has 0 aliphatic carbocycles. The van der Waals surface area contributed by atoms with Gasteiger partial charge in [0, 0.05) is 50.5 Å². The van der Waals surface area contributed by atoms with Gasteiger partial charge in [0.2, 0.25) is 0 Å². The van der Waals surface area contributed by atoms with E-state index in [9.17, 15) is 0 Å². The third-order valence-corrected chi connectivity index (χ3v) is 17.8. The zero-order valence-electron chi connectivity index (χ0n) is 52.6. The molecule has 4 nitrogen and oxygen atoms in total. The van der Waals surface area contributed by atoms with Crippen LogP contribution in [0.3, 0.4) is 0 Å². The predicted molar refractivity (Wildman–Crippen MR) is 360 cm³/mol. The maximum absolute atomic E-state index is 7.04. The van der Waals surface area contributed by atoms with Crippen LogP contribution < -0.4 is 31.1 Å². The van der Waals surface area contributed by atoms with Gasteiger partial charge in [0.1, 0.15) is 5.58 Å². The average molecular weight is 1090 g/mol. The largest absolute Gasteiger partial charge is 0.454 e. The first kappa shape index (κ1) is 55.8. The molecular formula is C78H84BN3O. The molecule has 0 bridgehead atoms. The minimum Gasteiger partial charge on any atom is -0.454 e. The van der Waals surface area contributed by atoms with Crippen molar-refractivity contribution in [2.75, 3.05) is 14.7 Å². The first-order valence-corrected chi connectivity index (χ1v) is 30.2. The van der Waals surface area contributed by atoms with Gasteiger partial charge in [0.05, 0.1) is 17.1 Å². The molecule has 0 saturated carbocycles. The molecule has 3 heterocycles. The fourth-order valence-corrected chi connectivity index (χ4v) is 12.7. The summed E-state index contributed by atoms with van der Waals surface area (Å²) in [5, 5.41) is 2.19. The minimum atomic E-state index is -0.105. The van der Waals surface area contributed by atoms with Gasteiger partial charge >= 0.3 is 0 Å². The van der Waals surface area contributed by atoms with Gasteiger partial charge in [-0.2, -0.15) is 0 Å². The summed E-state index contributed by atoms with van der Waals surface area (Å²) >= 11 is 0. The summed E-state index contributed by atoms with van der Waals surface area (Å²) in [6, 6.07) is 70.2. The molecule has 83 heavy (non-hydrogen) atoms. The van der Waals surface area contributed by atoms with Crippen LogP contribution >= 0.6 is 0 Å². The van der Waals surface area contributed by atoms with E-state index < -0.39 is 0 Å². The molecule has 0 N–H and O–H groups in total. The Balaban J connectivity index is 1.25. The van der Waals surface area contributed by atoms with Crippen molar-refractivity contribution in [1.82, 2.24) is 0 Å². The lowest BCUT2D eigenvalue weighted by atomic mass is 9.33. The van der Waals surface area contributed by atoms with E-state index in [1.165, 1.54) is 72.3 Å². The number of furan rings is 1. The Bertz CT molecular complexity index is 4140. The maximum atomic E-state index is 7.04. The average Bonchev–Trinajstić information content (AvgIpc) is 1.23. The van der Waals surface area contributed by atoms with Crippen LogP contribution in [0.15, 0.2) is 186 Å². The Morgan fingerprint density at radius 1 is 0.349 bits per heavy atom. The molecule has 0 fully saturated rings. The SMILES string of the molecule is CC(C)(C)c1ccc(-c2cc(C(C)(C)C)ccc2N2c3ccc(C(C)(C)C)cc3B3c4cc(C(C)(C)C)ccc4N(c4ccc(C(C)(C)C)cc4)c4cc(N(c5ccc(C(C)(C)C)cc5)c5cccc6c5oc5ccccc56)cc2c43)cc1. The van der Waals surface area contributed by atoms with E-state index in [0.717, 1.165) is 61.8 Å². The van der Waals surface area contributed by atoms with Crippen LogP contribution in [0.4, 0.5) is 51.2 Å². The summed E-state index contributed by atoms with van der Waals surface area (Å²) in [7, 11) is 0. The van der Waals surface area contributed by atoms with Crippen molar-refractivity contribution >= 4 is 96.2 Å². The van der Waals surface area contributed by atoms with Crippen molar-refractivity contribution in [2.24, 2.45) is 0 Å². The molecule has 0 radical (unpaired) electrons. The van der Waals surface area contributed by atoms with Gasteiger partial charge in [-0.05, 0) is 161 Å². The van der Waals surface area contributed by atoms with E-state index in [4.69, 9.17) is 4.42 Å². The zero-order valence-corrected chi connectivity index (χ0v) is 52.6. The molecular weight excluding hydrogens is 1010 g/mol. The molecule has 12 rings (SSSR count). The van der Waals surface area contributed by atoms with Crippen molar-refractivity contribution in [2.45, 2.75) is 157 Å². The molecule has 10 aromatic rings. The second-order valence-corrected chi connectivity index (χ2v) is 30.0. The quantitative estimate of drug-likeness (QED) is 0.155. The normalized spacial score (nSPS) is 13.8. The van der Waals surface area contributed by atoms with Crippen molar-refractivity contribution in [3.05, 3.63) is 215 Å². The van der Waals surface area contributed by atoms with Gasteiger partial charge in [0.15, 0.2) is 5.58 Å². The van der Waals surface area contributed by atoms with Gasteiger partial charge in [0.25, 0.3) is 6.71 Å². The maximum Gasteiger partial charge on any atom is 0.252 e. The van der Waals surface area contributed by atoms with Crippen LogP contribution in [0.2, 0.25) is 0 Å². The highest BCUT2D eigenvalue weighted by molar-refractivity contribution is 7.00. The number of anilines is 9. The molecule has 5 heteroatoms. The highest BCUT2D eigenvalue weighted by Gasteiger charge is 2.46. The van der Waals surface area contributed by atoms with E-state index in [0.29, 0.717) is 0 Å². The van der Waals surface area contributed by atoms with E-state index in [-0.39, 0.29) is 39.2 Å². The first-order valence-electron chi connectivity index (χ1n) is 30.2. The zero-order chi connectivity index (χ0) is 59.1. The lowest BCUT2D eigenvalue weighted by Crippen LogP contribution is -2.61. The van der Waals surface area contributed by atoms with Gasteiger partial charge < -0.3 is 19.1 Å². The fraction of sp³-hybridized carbons (Fsp3) is 0.308. The smallest absolute Gasteiger partial charge is 0.252 e.